The van der Waals surface area contributed by atoms with Crippen molar-refractivity contribution in [2.75, 3.05) is 43.9 Å². The Bertz CT molecular complexity index is 1040. The number of unbranched alkanes of at least 4 members (excludes halogenated alkanes) is 5. The van der Waals surface area contributed by atoms with Crippen molar-refractivity contribution in [1.82, 2.24) is 9.62 Å². The first kappa shape index (κ1) is 31.2. The summed E-state index contributed by atoms with van der Waals surface area (Å²) in [5.41, 5.74) is 2.26. The van der Waals surface area contributed by atoms with Gasteiger partial charge in [0.15, 0.2) is 0 Å². The molecule has 4 N–H and O–H groups in total. The molecule has 2 aromatic rings. The maximum atomic E-state index is 12.7. The molecule has 1 aliphatic rings. The van der Waals surface area contributed by atoms with Crippen LogP contribution in [0, 0.1) is 0 Å². The number of aromatic hydroxyl groups is 1. The van der Waals surface area contributed by atoms with E-state index in [1.165, 1.54) is 24.8 Å². The van der Waals surface area contributed by atoms with Crippen molar-refractivity contribution >= 4 is 15.7 Å². The SMILES string of the molecule is CCCCCCCCS(=O)(=O)N1CCC(Nc2ccc(CCNC[C@@H](O)COc3ccc(O)cc3)cc2)CC1. The van der Waals surface area contributed by atoms with Gasteiger partial charge in [-0.25, -0.2) is 12.7 Å². The average molecular weight is 562 g/mol. The first-order valence-electron chi connectivity index (χ1n) is 14.5. The zero-order chi connectivity index (χ0) is 27.9. The zero-order valence-electron chi connectivity index (χ0n) is 23.4. The molecular weight excluding hydrogens is 514 g/mol. The number of hydrogen-bond donors (Lipinski definition) is 4. The highest BCUT2D eigenvalue weighted by Crippen LogP contribution is 2.20. The third-order valence-corrected chi connectivity index (χ3v) is 9.13. The van der Waals surface area contributed by atoms with Gasteiger partial charge >= 0.3 is 0 Å². The number of nitrogens with zero attached hydrogens (tertiary/aromatic N) is 1. The molecule has 1 fully saturated rings. The highest BCUT2D eigenvalue weighted by Gasteiger charge is 2.27. The number of hydrogen-bond acceptors (Lipinski definition) is 7. The van der Waals surface area contributed by atoms with Crippen molar-refractivity contribution in [1.29, 1.82) is 0 Å². The van der Waals surface area contributed by atoms with Gasteiger partial charge in [-0.1, -0.05) is 51.2 Å². The quantitative estimate of drug-likeness (QED) is 0.198. The summed E-state index contributed by atoms with van der Waals surface area (Å²) in [5, 5.41) is 26.2. The number of phenolic OH excluding ortho intramolecular Hbond substituents is 1. The van der Waals surface area contributed by atoms with E-state index in [1.807, 2.05) is 0 Å². The highest BCUT2D eigenvalue weighted by molar-refractivity contribution is 7.89. The third-order valence-electron chi connectivity index (χ3n) is 7.18. The smallest absolute Gasteiger partial charge is 0.214 e. The van der Waals surface area contributed by atoms with E-state index in [0.717, 1.165) is 50.8 Å². The minimum atomic E-state index is -3.14. The molecule has 8 nitrogen and oxygen atoms in total. The second kappa shape index (κ2) is 16.7. The summed E-state index contributed by atoms with van der Waals surface area (Å²) >= 11 is 0. The van der Waals surface area contributed by atoms with E-state index in [0.29, 0.717) is 25.4 Å². The van der Waals surface area contributed by atoms with E-state index in [1.54, 1.807) is 28.6 Å². The van der Waals surface area contributed by atoms with E-state index in [-0.39, 0.29) is 24.2 Å². The number of anilines is 1. The van der Waals surface area contributed by atoms with Crippen LogP contribution in [-0.2, 0) is 16.4 Å². The van der Waals surface area contributed by atoms with Crippen LogP contribution in [0.5, 0.6) is 11.5 Å². The summed E-state index contributed by atoms with van der Waals surface area (Å²) in [6.07, 6.45) is 8.41. The van der Waals surface area contributed by atoms with Crippen LogP contribution in [-0.4, -0.2) is 73.6 Å². The molecule has 1 saturated heterocycles. The Morgan fingerprint density at radius 2 is 1.64 bits per heavy atom. The molecule has 1 atom stereocenters. The van der Waals surface area contributed by atoms with E-state index < -0.39 is 16.1 Å². The lowest BCUT2D eigenvalue weighted by atomic mass is 10.1. The van der Waals surface area contributed by atoms with E-state index >= 15 is 0 Å². The van der Waals surface area contributed by atoms with Crippen LogP contribution in [0.2, 0.25) is 0 Å². The molecule has 1 aliphatic heterocycles. The molecule has 0 unspecified atom stereocenters. The molecule has 9 heteroatoms. The maximum Gasteiger partial charge on any atom is 0.214 e. The van der Waals surface area contributed by atoms with Crippen LogP contribution in [0.15, 0.2) is 48.5 Å². The summed E-state index contributed by atoms with van der Waals surface area (Å²) in [5.74, 6) is 1.07. The van der Waals surface area contributed by atoms with Crippen LogP contribution in [0.25, 0.3) is 0 Å². The van der Waals surface area contributed by atoms with Crippen molar-refractivity contribution in [2.45, 2.75) is 76.9 Å². The third kappa shape index (κ3) is 11.7. The summed E-state index contributed by atoms with van der Waals surface area (Å²) in [6, 6.07) is 15.1. The topological polar surface area (TPSA) is 111 Å². The van der Waals surface area contributed by atoms with Crippen LogP contribution in [0.3, 0.4) is 0 Å². The van der Waals surface area contributed by atoms with Gasteiger partial charge in [0, 0.05) is 31.4 Å². The predicted octanol–water partition coefficient (Wildman–Crippen LogP) is 4.53. The van der Waals surface area contributed by atoms with Crippen molar-refractivity contribution in [3.63, 3.8) is 0 Å². The molecule has 2 aromatic carbocycles. The Kier molecular flexibility index (Phi) is 13.4. The molecular formula is C30H47N3O5S. The Labute approximate surface area is 234 Å². The fourth-order valence-electron chi connectivity index (χ4n) is 4.77. The summed E-state index contributed by atoms with van der Waals surface area (Å²) in [7, 11) is -3.14. The highest BCUT2D eigenvalue weighted by atomic mass is 32.2. The monoisotopic (exact) mass is 561 g/mol. The summed E-state index contributed by atoms with van der Waals surface area (Å²) < 4.78 is 32.6. The Balaban J connectivity index is 1.27. The van der Waals surface area contributed by atoms with Gasteiger partial charge in [0.25, 0.3) is 0 Å². The van der Waals surface area contributed by atoms with Gasteiger partial charge in [-0.15, -0.1) is 0 Å². The minimum Gasteiger partial charge on any atom is -0.508 e. The lowest BCUT2D eigenvalue weighted by Gasteiger charge is -2.32. The number of nitrogens with one attached hydrogen (secondary N) is 2. The summed E-state index contributed by atoms with van der Waals surface area (Å²) in [4.78, 5) is 0. The molecule has 0 aliphatic carbocycles. The van der Waals surface area contributed by atoms with E-state index in [9.17, 15) is 18.6 Å². The average Bonchev–Trinajstić information content (AvgIpc) is 2.94. The number of aliphatic hydroxyl groups excluding tert-OH is 1. The van der Waals surface area contributed by atoms with E-state index in [4.69, 9.17) is 4.74 Å². The molecule has 0 saturated carbocycles. The van der Waals surface area contributed by atoms with Crippen LogP contribution < -0.4 is 15.4 Å². The standard InChI is InChI=1S/C30H47N3O5S/c1-2-3-4-5-6-7-22-39(36,37)33-20-17-27(18-21-33)32-26-10-8-25(9-11-26)16-19-31-23-29(35)24-38-30-14-12-28(34)13-15-30/h8-15,27,29,31-32,34-35H,2-7,16-24H2,1H3/t29-/m1/s1. The van der Waals surface area contributed by atoms with Gasteiger partial charge in [0.05, 0.1) is 5.75 Å². The lowest BCUT2D eigenvalue weighted by molar-refractivity contribution is 0.106. The molecule has 0 aromatic heterocycles. The first-order valence-corrected chi connectivity index (χ1v) is 16.1. The molecule has 39 heavy (non-hydrogen) atoms. The fourth-order valence-corrected chi connectivity index (χ4v) is 6.36. The molecule has 1 heterocycles. The second-order valence-corrected chi connectivity index (χ2v) is 12.6. The van der Waals surface area contributed by atoms with E-state index in [2.05, 4.69) is 41.8 Å². The van der Waals surface area contributed by atoms with Crippen molar-refractivity contribution in [3.05, 3.63) is 54.1 Å². The van der Waals surface area contributed by atoms with Crippen molar-refractivity contribution < 1.29 is 23.4 Å². The molecule has 3 rings (SSSR count). The van der Waals surface area contributed by atoms with Gasteiger partial charge < -0.3 is 25.6 Å². The van der Waals surface area contributed by atoms with Crippen molar-refractivity contribution in [2.24, 2.45) is 0 Å². The number of piperidine rings is 1. The largest absolute Gasteiger partial charge is 0.508 e. The predicted molar refractivity (Wildman–Crippen MR) is 158 cm³/mol. The van der Waals surface area contributed by atoms with Crippen LogP contribution in [0.1, 0.15) is 63.9 Å². The Morgan fingerprint density at radius 1 is 0.974 bits per heavy atom. The number of sulfonamides is 1. The molecule has 0 spiro atoms. The number of aliphatic hydroxyl groups is 1. The van der Waals surface area contributed by atoms with Gasteiger partial charge in [-0.3, -0.25) is 0 Å². The summed E-state index contributed by atoms with van der Waals surface area (Å²) in [6.45, 7) is 4.73. The molecule has 0 radical (unpaired) electrons. The number of phenols is 1. The maximum absolute atomic E-state index is 12.7. The first-order chi connectivity index (χ1) is 18.9. The number of benzene rings is 2. The van der Waals surface area contributed by atoms with Gasteiger partial charge in [-0.2, -0.15) is 0 Å². The van der Waals surface area contributed by atoms with Crippen LogP contribution >= 0.6 is 0 Å². The normalized spacial score (nSPS) is 15.7. The molecule has 0 bridgehead atoms. The molecule has 218 valence electrons. The Hall–Kier alpha value is -2.33. The van der Waals surface area contributed by atoms with Crippen molar-refractivity contribution in [3.8, 4) is 11.5 Å². The number of ether oxygens (including phenoxy) is 1. The Morgan fingerprint density at radius 3 is 2.33 bits per heavy atom. The van der Waals surface area contributed by atoms with Crippen LogP contribution in [0.4, 0.5) is 5.69 Å². The number of rotatable bonds is 18. The minimum absolute atomic E-state index is 0.181. The fraction of sp³-hybridized carbons (Fsp3) is 0.600. The van der Waals surface area contributed by atoms with Gasteiger partial charge in [0.2, 0.25) is 10.0 Å². The molecule has 0 amide bonds. The van der Waals surface area contributed by atoms with Gasteiger partial charge in [0.1, 0.15) is 24.2 Å². The lowest BCUT2D eigenvalue weighted by Crippen LogP contribution is -2.43. The second-order valence-electron chi connectivity index (χ2n) is 10.5. The van der Waals surface area contributed by atoms with Gasteiger partial charge in [-0.05, 0) is 74.2 Å². The zero-order valence-corrected chi connectivity index (χ0v) is 24.2.